The molecule has 32 heavy (non-hydrogen) atoms. The summed E-state index contributed by atoms with van der Waals surface area (Å²) in [4.78, 5) is 30.0. The zero-order chi connectivity index (χ0) is 22.7. The molecular formula is C21H17Cl2N5O3S. The first-order chi connectivity index (χ1) is 15.5. The lowest BCUT2D eigenvalue weighted by atomic mass is 10.2. The highest BCUT2D eigenvalue weighted by atomic mass is 35.5. The van der Waals surface area contributed by atoms with Crippen molar-refractivity contribution in [2.24, 2.45) is 0 Å². The lowest BCUT2D eigenvalue weighted by molar-refractivity contribution is -0.118. The van der Waals surface area contributed by atoms with Gasteiger partial charge in [0.25, 0.3) is 5.56 Å². The van der Waals surface area contributed by atoms with Crippen LogP contribution in [0, 0.1) is 0 Å². The number of hydrogen-bond donors (Lipinski definition) is 2. The predicted molar refractivity (Wildman–Crippen MR) is 125 cm³/mol. The Morgan fingerprint density at radius 1 is 1.22 bits per heavy atom. The highest BCUT2D eigenvalue weighted by Crippen LogP contribution is 2.28. The fourth-order valence-electron chi connectivity index (χ4n) is 2.98. The Morgan fingerprint density at radius 2 is 2.00 bits per heavy atom. The second kappa shape index (κ2) is 9.64. The monoisotopic (exact) mass is 489 g/mol. The third-order valence-electron chi connectivity index (χ3n) is 4.58. The molecule has 2 heterocycles. The van der Waals surface area contributed by atoms with Gasteiger partial charge in [0, 0.05) is 11.6 Å². The molecule has 0 aliphatic rings. The molecule has 0 unspecified atom stereocenters. The molecule has 2 N–H and O–H groups in total. The van der Waals surface area contributed by atoms with Crippen LogP contribution < -0.4 is 15.6 Å². The third-order valence-corrected chi connectivity index (χ3v) is 6.07. The van der Waals surface area contributed by atoms with Crippen LogP contribution in [0.5, 0.6) is 5.75 Å². The SMILES string of the molecule is COc1ccc(-n2c(SCC(=O)NCc3ccc(Cl)cc3)nc3[nH]ncc3c2=O)cc1Cl. The number of H-pyrrole nitrogens is 1. The first-order valence-corrected chi connectivity index (χ1v) is 11.1. The zero-order valence-electron chi connectivity index (χ0n) is 16.8. The van der Waals surface area contributed by atoms with Crippen LogP contribution in [0.15, 0.2) is 58.6 Å². The van der Waals surface area contributed by atoms with Gasteiger partial charge in [0.15, 0.2) is 10.8 Å². The smallest absolute Gasteiger partial charge is 0.269 e. The number of carbonyl (C=O) groups is 1. The highest BCUT2D eigenvalue weighted by Gasteiger charge is 2.17. The van der Waals surface area contributed by atoms with E-state index in [2.05, 4.69) is 20.5 Å². The van der Waals surface area contributed by atoms with Gasteiger partial charge in [-0.3, -0.25) is 19.3 Å². The number of nitrogens with zero attached hydrogens (tertiary/aromatic N) is 3. The molecule has 0 bridgehead atoms. The molecule has 1 amide bonds. The minimum Gasteiger partial charge on any atom is -0.495 e. The van der Waals surface area contributed by atoms with Crippen LogP contribution in [-0.2, 0) is 11.3 Å². The Kier molecular flexibility index (Phi) is 6.69. The van der Waals surface area contributed by atoms with E-state index in [1.165, 1.54) is 17.9 Å². The Bertz CT molecular complexity index is 1340. The molecule has 0 atom stereocenters. The number of methoxy groups -OCH3 is 1. The van der Waals surface area contributed by atoms with Gasteiger partial charge < -0.3 is 10.1 Å². The second-order valence-electron chi connectivity index (χ2n) is 6.68. The molecule has 0 saturated heterocycles. The van der Waals surface area contributed by atoms with Gasteiger partial charge in [0.2, 0.25) is 5.91 Å². The topological polar surface area (TPSA) is 102 Å². The number of ether oxygens (including phenoxy) is 1. The van der Waals surface area contributed by atoms with E-state index in [-0.39, 0.29) is 17.2 Å². The molecule has 4 rings (SSSR count). The van der Waals surface area contributed by atoms with Crippen LogP contribution >= 0.6 is 35.0 Å². The zero-order valence-corrected chi connectivity index (χ0v) is 19.1. The van der Waals surface area contributed by atoms with Crippen LogP contribution in [0.25, 0.3) is 16.7 Å². The number of benzene rings is 2. The number of hydrogen-bond acceptors (Lipinski definition) is 6. The number of fused-ring (bicyclic) bond motifs is 1. The average molecular weight is 490 g/mol. The number of halogens is 2. The van der Waals surface area contributed by atoms with Gasteiger partial charge in [-0.25, -0.2) is 4.98 Å². The van der Waals surface area contributed by atoms with Crippen molar-refractivity contribution in [1.29, 1.82) is 0 Å². The fraction of sp³-hybridized carbons (Fsp3) is 0.143. The van der Waals surface area contributed by atoms with E-state index < -0.39 is 0 Å². The number of nitrogens with one attached hydrogen (secondary N) is 2. The van der Waals surface area contributed by atoms with E-state index in [0.717, 1.165) is 17.3 Å². The molecule has 4 aromatic rings. The van der Waals surface area contributed by atoms with Gasteiger partial charge in [0.1, 0.15) is 11.1 Å². The Morgan fingerprint density at radius 3 is 2.72 bits per heavy atom. The standard InChI is InChI=1S/C21H17Cl2N5O3S/c1-31-17-7-6-14(8-16(17)23)28-20(30)15-10-25-27-19(15)26-21(28)32-11-18(29)24-9-12-2-4-13(22)5-3-12/h2-8,10H,9,11H2,1H3,(H,24,29)(H,25,27). The molecule has 2 aromatic heterocycles. The van der Waals surface area contributed by atoms with E-state index in [0.29, 0.717) is 44.2 Å². The Labute approximate surface area is 196 Å². The molecule has 0 fully saturated rings. The van der Waals surface area contributed by atoms with E-state index in [9.17, 15) is 9.59 Å². The summed E-state index contributed by atoms with van der Waals surface area (Å²) in [6, 6.07) is 12.2. The molecule has 11 heteroatoms. The van der Waals surface area contributed by atoms with Crippen LogP contribution in [-0.4, -0.2) is 38.5 Å². The fourth-order valence-corrected chi connectivity index (χ4v) is 4.19. The summed E-state index contributed by atoms with van der Waals surface area (Å²) in [5.74, 6) is 0.337. The van der Waals surface area contributed by atoms with E-state index in [1.807, 2.05) is 12.1 Å². The molecule has 0 aliphatic heterocycles. The number of aromatic nitrogens is 4. The maximum absolute atomic E-state index is 13.1. The lowest BCUT2D eigenvalue weighted by Crippen LogP contribution is -2.26. The van der Waals surface area contributed by atoms with Crippen LogP contribution in [0.2, 0.25) is 10.0 Å². The second-order valence-corrected chi connectivity index (χ2v) is 8.46. The van der Waals surface area contributed by atoms with Gasteiger partial charge in [-0.2, -0.15) is 5.10 Å². The first-order valence-electron chi connectivity index (χ1n) is 9.40. The molecule has 0 spiro atoms. The van der Waals surface area contributed by atoms with E-state index in [1.54, 1.807) is 30.3 Å². The normalized spacial score (nSPS) is 11.0. The number of thioether (sulfide) groups is 1. The van der Waals surface area contributed by atoms with Gasteiger partial charge in [-0.05, 0) is 35.9 Å². The van der Waals surface area contributed by atoms with Crippen LogP contribution in [0.3, 0.4) is 0 Å². The van der Waals surface area contributed by atoms with E-state index in [4.69, 9.17) is 27.9 Å². The number of aromatic amines is 1. The van der Waals surface area contributed by atoms with Crippen LogP contribution in [0.1, 0.15) is 5.56 Å². The van der Waals surface area contributed by atoms with Crippen molar-refractivity contribution < 1.29 is 9.53 Å². The molecule has 8 nitrogen and oxygen atoms in total. The Hall–Kier alpha value is -3.01. The summed E-state index contributed by atoms with van der Waals surface area (Å²) in [7, 11) is 1.51. The van der Waals surface area contributed by atoms with Gasteiger partial charge in [-0.15, -0.1) is 0 Å². The summed E-state index contributed by atoms with van der Waals surface area (Å²) in [6.45, 7) is 0.366. The average Bonchev–Trinajstić information content (AvgIpc) is 3.26. The number of rotatable bonds is 7. The van der Waals surface area contributed by atoms with Crippen molar-refractivity contribution in [2.75, 3.05) is 12.9 Å². The van der Waals surface area contributed by atoms with E-state index >= 15 is 0 Å². The quantitative estimate of drug-likeness (QED) is 0.302. The van der Waals surface area contributed by atoms with Gasteiger partial charge in [0.05, 0.1) is 29.8 Å². The summed E-state index contributed by atoms with van der Waals surface area (Å²) in [5, 5.41) is 11.1. The summed E-state index contributed by atoms with van der Waals surface area (Å²) in [5.41, 5.74) is 1.44. The van der Waals surface area contributed by atoms with Crippen molar-refractivity contribution in [1.82, 2.24) is 25.1 Å². The van der Waals surface area contributed by atoms with Crippen molar-refractivity contribution in [3.05, 3.63) is 74.6 Å². The lowest BCUT2D eigenvalue weighted by Gasteiger charge is -2.13. The molecule has 2 aromatic carbocycles. The maximum Gasteiger partial charge on any atom is 0.269 e. The van der Waals surface area contributed by atoms with Crippen molar-refractivity contribution >= 4 is 51.9 Å². The number of amides is 1. The van der Waals surface area contributed by atoms with Crippen LogP contribution in [0.4, 0.5) is 0 Å². The predicted octanol–water partition coefficient (Wildman–Crippen LogP) is 3.83. The maximum atomic E-state index is 13.1. The molecule has 0 saturated carbocycles. The Balaban J connectivity index is 1.58. The first kappa shape index (κ1) is 22.2. The summed E-state index contributed by atoms with van der Waals surface area (Å²) >= 11 is 13.3. The van der Waals surface area contributed by atoms with Gasteiger partial charge in [-0.1, -0.05) is 47.1 Å². The van der Waals surface area contributed by atoms with Gasteiger partial charge >= 0.3 is 0 Å². The van der Waals surface area contributed by atoms with Crippen molar-refractivity contribution in [3.63, 3.8) is 0 Å². The molecule has 164 valence electrons. The minimum absolute atomic E-state index is 0.0591. The molecule has 0 radical (unpaired) electrons. The van der Waals surface area contributed by atoms with Crippen molar-refractivity contribution in [3.8, 4) is 11.4 Å². The molecular weight excluding hydrogens is 473 g/mol. The third kappa shape index (κ3) is 4.74. The molecule has 0 aliphatic carbocycles. The summed E-state index contributed by atoms with van der Waals surface area (Å²) < 4.78 is 6.59. The highest BCUT2D eigenvalue weighted by molar-refractivity contribution is 7.99. The minimum atomic E-state index is -0.325. The summed E-state index contributed by atoms with van der Waals surface area (Å²) in [6.07, 6.45) is 1.42. The largest absolute Gasteiger partial charge is 0.495 e. The number of carbonyl (C=O) groups excluding carboxylic acids is 1. The van der Waals surface area contributed by atoms with Crippen molar-refractivity contribution in [2.45, 2.75) is 11.7 Å².